The number of benzene rings is 1. The van der Waals surface area contributed by atoms with Gasteiger partial charge in [-0.1, -0.05) is 6.07 Å². The molecule has 2 N–H and O–H groups in total. The van der Waals surface area contributed by atoms with E-state index >= 15 is 0 Å². The molecule has 2 aliphatic carbocycles. The number of fused-ring (bicyclic) bond motifs is 2. The number of hydrogen-bond donors (Lipinski definition) is 2. The van der Waals surface area contributed by atoms with Crippen molar-refractivity contribution in [3.63, 3.8) is 0 Å². The van der Waals surface area contributed by atoms with Gasteiger partial charge in [0.15, 0.2) is 0 Å². The number of carbonyl (C=O) groups excluding carboxylic acids is 1. The first-order valence-corrected chi connectivity index (χ1v) is 7.48. The van der Waals surface area contributed by atoms with Gasteiger partial charge in [-0.25, -0.2) is 0 Å². The highest BCUT2D eigenvalue weighted by Crippen LogP contribution is 2.52. The van der Waals surface area contributed by atoms with Crippen LogP contribution in [0.1, 0.15) is 24.8 Å². The Kier molecular flexibility index (Phi) is 3.82. The third kappa shape index (κ3) is 2.92. The van der Waals surface area contributed by atoms with Crippen LogP contribution in [0.5, 0.6) is 0 Å². The SMILES string of the molecule is O=C(O)C1C2CCC(C2)C1C(=O)Nc1cccc(C(F)(F)F)c1. The molecular formula is C16H16F3NO3. The van der Waals surface area contributed by atoms with Crippen molar-refractivity contribution < 1.29 is 27.9 Å². The van der Waals surface area contributed by atoms with Crippen molar-refractivity contribution in [1.82, 2.24) is 0 Å². The summed E-state index contributed by atoms with van der Waals surface area (Å²) in [7, 11) is 0. The molecular weight excluding hydrogens is 311 g/mol. The Morgan fingerprint density at radius 3 is 2.39 bits per heavy atom. The second-order valence-corrected chi connectivity index (χ2v) is 6.29. The summed E-state index contributed by atoms with van der Waals surface area (Å²) in [6, 6.07) is 4.37. The summed E-state index contributed by atoms with van der Waals surface area (Å²) in [5, 5.41) is 11.8. The molecule has 2 aliphatic rings. The number of carboxylic acid groups (broad SMARTS) is 1. The third-order valence-electron chi connectivity index (χ3n) is 4.96. The summed E-state index contributed by atoms with van der Waals surface area (Å²) in [4.78, 5) is 23.8. The maximum atomic E-state index is 12.7. The first kappa shape index (κ1) is 15.8. The van der Waals surface area contributed by atoms with E-state index in [1.165, 1.54) is 12.1 Å². The number of carboxylic acids is 1. The Morgan fingerprint density at radius 1 is 1.13 bits per heavy atom. The van der Waals surface area contributed by atoms with Crippen LogP contribution < -0.4 is 5.32 Å². The number of rotatable bonds is 3. The molecule has 1 amide bonds. The van der Waals surface area contributed by atoms with Gasteiger partial charge in [-0.2, -0.15) is 13.2 Å². The maximum absolute atomic E-state index is 12.7. The standard InChI is InChI=1S/C16H16F3NO3/c17-16(18,19)10-2-1-3-11(7-10)20-14(21)12-8-4-5-9(6-8)13(12)15(22)23/h1-3,7-9,12-13H,4-6H2,(H,20,21)(H,22,23). The normalized spacial score (nSPS) is 29.5. The van der Waals surface area contributed by atoms with Crippen LogP contribution in [-0.4, -0.2) is 17.0 Å². The van der Waals surface area contributed by atoms with Crippen LogP contribution in [0.4, 0.5) is 18.9 Å². The fourth-order valence-corrected chi connectivity index (χ4v) is 4.02. The number of alkyl halides is 3. The lowest BCUT2D eigenvalue weighted by Crippen LogP contribution is -2.37. The van der Waals surface area contributed by atoms with Gasteiger partial charge in [0.2, 0.25) is 5.91 Å². The van der Waals surface area contributed by atoms with Crippen molar-refractivity contribution in [3.05, 3.63) is 29.8 Å². The van der Waals surface area contributed by atoms with E-state index in [1.807, 2.05) is 0 Å². The molecule has 0 aliphatic heterocycles. The lowest BCUT2D eigenvalue weighted by molar-refractivity contribution is -0.148. The van der Waals surface area contributed by atoms with Crippen molar-refractivity contribution in [2.75, 3.05) is 5.32 Å². The summed E-state index contributed by atoms with van der Waals surface area (Å²) >= 11 is 0. The van der Waals surface area contributed by atoms with Crippen molar-refractivity contribution in [2.45, 2.75) is 25.4 Å². The third-order valence-corrected chi connectivity index (χ3v) is 4.96. The number of hydrogen-bond acceptors (Lipinski definition) is 2. The van der Waals surface area contributed by atoms with Crippen molar-refractivity contribution >= 4 is 17.6 Å². The highest BCUT2D eigenvalue weighted by Gasteiger charge is 2.54. The minimum atomic E-state index is -4.49. The van der Waals surface area contributed by atoms with Crippen molar-refractivity contribution in [2.24, 2.45) is 23.7 Å². The van der Waals surface area contributed by atoms with E-state index in [2.05, 4.69) is 5.32 Å². The lowest BCUT2D eigenvalue weighted by Gasteiger charge is -2.27. The van der Waals surface area contributed by atoms with Gasteiger partial charge in [-0.05, 0) is 49.3 Å². The van der Waals surface area contributed by atoms with Crippen LogP contribution >= 0.6 is 0 Å². The molecule has 4 atom stereocenters. The second-order valence-electron chi connectivity index (χ2n) is 6.29. The smallest absolute Gasteiger partial charge is 0.416 e. The highest BCUT2D eigenvalue weighted by molar-refractivity contribution is 5.96. The first-order chi connectivity index (χ1) is 10.8. The summed E-state index contributed by atoms with van der Waals surface area (Å²) in [5.41, 5.74) is -0.810. The molecule has 1 aromatic rings. The highest BCUT2D eigenvalue weighted by atomic mass is 19.4. The van der Waals surface area contributed by atoms with E-state index in [0.29, 0.717) is 6.42 Å². The van der Waals surface area contributed by atoms with Gasteiger partial charge in [0.05, 0.1) is 17.4 Å². The van der Waals surface area contributed by atoms with Gasteiger partial charge < -0.3 is 10.4 Å². The number of amides is 1. The number of anilines is 1. The van der Waals surface area contributed by atoms with Crippen LogP contribution in [0.25, 0.3) is 0 Å². The molecule has 0 radical (unpaired) electrons. The number of nitrogens with one attached hydrogen (secondary N) is 1. The maximum Gasteiger partial charge on any atom is 0.416 e. The molecule has 2 saturated carbocycles. The molecule has 0 saturated heterocycles. The molecule has 124 valence electrons. The van der Waals surface area contributed by atoms with E-state index in [1.54, 1.807) is 0 Å². The van der Waals surface area contributed by atoms with Crippen LogP contribution in [0.15, 0.2) is 24.3 Å². The average molecular weight is 327 g/mol. The minimum absolute atomic E-state index is 0.00485. The lowest BCUT2D eigenvalue weighted by atomic mass is 9.78. The molecule has 4 nitrogen and oxygen atoms in total. The Hall–Kier alpha value is -2.05. The minimum Gasteiger partial charge on any atom is -0.481 e. The molecule has 0 spiro atoms. The zero-order valence-corrected chi connectivity index (χ0v) is 12.1. The Labute approximate surface area is 130 Å². The molecule has 0 aromatic heterocycles. The Morgan fingerprint density at radius 2 is 1.78 bits per heavy atom. The van der Waals surface area contributed by atoms with Gasteiger partial charge in [-0.3, -0.25) is 9.59 Å². The van der Waals surface area contributed by atoms with E-state index < -0.39 is 35.5 Å². The topological polar surface area (TPSA) is 66.4 Å². The first-order valence-electron chi connectivity index (χ1n) is 7.48. The van der Waals surface area contributed by atoms with Crippen molar-refractivity contribution in [3.8, 4) is 0 Å². The summed E-state index contributed by atoms with van der Waals surface area (Å²) in [6.45, 7) is 0. The fraction of sp³-hybridized carbons (Fsp3) is 0.500. The van der Waals surface area contributed by atoms with Gasteiger partial charge in [0.25, 0.3) is 0 Å². The number of aliphatic carboxylic acids is 1. The molecule has 7 heteroatoms. The van der Waals surface area contributed by atoms with Crippen LogP contribution in [0.2, 0.25) is 0 Å². The molecule has 2 bridgehead atoms. The monoisotopic (exact) mass is 327 g/mol. The summed E-state index contributed by atoms with van der Waals surface area (Å²) in [5.74, 6) is -2.90. The van der Waals surface area contributed by atoms with Crippen molar-refractivity contribution in [1.29, 1.82) is 0 Å². The molecule has 0 heterocycles. The van der Waals surface area contributed by atoms with E-state index in [4.69, 9.17) is 0 Å². The van der Waals surface area contributed by atoms with Crippen LogP contribution in [0, 0.1) is 23.7 Å². The van der Waals surface area contributed by atoms with E-state index in [9.17, 15) is 27.9 Å². The van der Waals surface area contributed by atoms with Gasteiger partial charge >= 0.3 is 12.1 Å². The molecule has 23 heavy (non-hydrogen) atoms. The summed E-state index contributed by atoms with van der Waals surface area (Å²) in [6.07, 6.45) is -2.18. The molecule has 2 fully saturated rings. The molecule has 4 unspecified atom stereocenters. The van der Waals surface area contributed by atoms with Gasteiger partial charge in [0.1, 0.15) is 0 Å². The van der Waals surface area contributed by atoms with Gasteiger partial charge in [0, 0.05) is 5.69 Å². The molecule has 1 aromatic carbocycles. The Balaban J connectivity index is 1.78. The molecule has 3 rings (SSSR count). The fourth-order valence-electron chi connectivity index (χ4n) is 4.02. The zero-order chi connectivity index (χ0) is 16.8. The predicted molar refractivity (Wildman–Crippen MR) is 75.5 cm³/mol. The van der Waals surface area contributed by atoms with Crippen LogP contribution in [-0.2, 0) is 15.8 Å². The van der Waals surface area contributed by atoms with E-state index in [0.717, 1.165) is 25.0 Å². The predicted octanol–water partition coefficient (Wildman–Crippen LogP) is 3.39. The average Bonchev–Trinajstić information content (AvgIpc) is 3.07. The van der Waals surface area contributed by atoms with E-state index in [-0.39, 0.29) is 17.5 Å². The Bertz CT molecular complexity index is 644. The van der Waals surface area contributed by atoms with Crippen LogP contribution in [0.3, 0.4) is 0 Å². The number of carbonyl (C=O) groups is 2. The second kappa shape index (κ2) is 5.54. The number of halogens is 3. The largest absolute Gasteiger partial charge is 0.481 e. The van der Waals surface area contributed by atoms with Gasteiger partial charge in [-0.15, -0.1) is 0 Å². The quantitative estimate of drug-likeness (QED) is 0.894. The zero-order valence-electron chi connectivity index (χ0n) is 12.1. The summed E-state index contributed by atoms with van der Waals surface area (Å²) < 4.78 is 38.1.